The Hall–Kier alpha value is -1.22. The Labute approximate surface area is 128 Å². The molecule has 0 aliphatic rings. The number of fused-ring (bicyclic) bond motifs is 1. The van der Waals surface area contributed by atoms with Crippen molar-refractivity contribution in [1.29, 1.82) is 0 Å². The van der Waals surface area contributed by atoms with Crippen LogP contribution in [0.1, 0.15) is 16.3 Å². The summed E-state index contributed by atoms with van der Waals surface area (Å²) in [7, 11) is 0. The van der Waals surface area contributed by atoms with E-state index in [-0.39, 0.29) is 0 Å². The molecule has 0 aliphatic carbocycles. The first-order chi connectivity index (χ1) is 9.69. The van der Waals surface area contributed by atoms with E-state index < -0.39 is 0 Å². The fourth-order valence-corrected chi connectivity index (χ4v) is 4.41. The molecule has 5 nitrogen and oxygen atoms in total. The van der Waals surface area contributed by atoms with Crippen LogP contribution in [0.25, 0.3) is 10.2 Å². The first-order valence-electron chi connectivity index (χ1n) is 5.94. The number of thiophene rings is 1. The number of aromatic nitrogens is 3. The van der Waals surface area contributed by atoms with Crippen molar-refractivity contribution in [3.05, 3.63) is 27.8 Å². The lowest BCUT2D eigenvalue weighted by molar-refractivity contribution is 1.06. The zero-order chi connectivity index (χ0) is 14.1. The lowest BCUT2D eigenvalue weighted by Crippen LogP contribution is -2.10. The Morgan fingerprint density at radius 2 is 2.20 bits per heavy atom. The number of nitrogens with zero attached hydrogens (tertiary/aromatic N) is 3. The third-order valence-electron chi connectivity index (χ3n) is 2.95. The zero-order valence-corrected chi connectivity index (χ0v) is 13.5. The van der Waals surface area contributed by atoms with E-state index in [9.17, 15) is 0 Å². The predicted octanol–water partition coefficient (Wildman–Crippen LogP) is 3.34. The second-order valence-corrected chi connectivity index (χ2v) is 7.50. The van der Waals surface area contributed by atoms with Gasteiger partial charge in [-0.2, -0.15) is 0 Å². The van der Waals surface area contributed by atoms with Crippen molar-refractivity contribution in [3.63, 3.8) is 0 Å². The van der Waals surface area contributed by atoms with Gasteiger partial charge >= 0.3 is 0 Å². The van der Waals surface area contributed by atoms with E-state index in [1.807, 2.05) is 5.38 Å². The number of nitrogen functional groups attached to an aromatic ring is 1. The minimum Gasteiger partial charge on any atom is -0.308 e. The predicted molar refractivity (Wildman–Crippen MR) is 86.4 cm³/mol. The van der Waals surface area contributed by atoms with Gasteiger partial charge in [0.1, 0.15) is 15.0 Å². The van der Waals surface area contributed by atoms with Gasteiger partial charge in [-0.3, -0.25) is 0 Å². The summed E-state index contributed by atoms with van der Waals surface area (Å²) in [4.78, 5) is 15.6. The molecule has 0 atom stereocenters. The lowest BCUT2D eigenvalue weighted by Gasteiger charge is -2.05. The molecule has 3 rings (SSSR count). The fourth-order valence-electron chi connectivity index (χ4n) is 1.87. The summed E-state index contributed by atoms with van der Waals surface area (Å²) >= 11 is 4.94. The highest BCUT2D eigenvalue weighted by atomic mass is 32.2. The smallest absolute Gasteiger partial charge is 0.152 e. The van der Waals surface area contributed by atoms with Crippen molar-refractivity contribution < 1.29 is 0 Å². The first-order valence-corrected chi connectivity index (χ1v) is 8.62. The van der Waals surface area contributed by atoms with Crippen LogP contribution in [0.15, 0.2) is 15.9 Å². The van der Waals surface area contributed by atoms with E-state index in [4.69, 9.17) is 5.84 Å². The number of thioether (sulfide) groups is 1. The molecule has 0 unspecified atom stereocenters. The summed E-state index contributed by atoms with van der Waals surface area (Å²) in [5.74, 6) is 7.76. The van der Waals surface area contributed by atoms with Crippen LogP contribution in [0, 0.1) is 13.8 Å². The number of hydrazine groups is 1. The Balaban J connectivity index is 1.96. The second-order valence-electron chi connectivity index (χ2n) is 4.18. The second kappa shape index (κ2) is 5.65. The minimum absolute atomic E-state index is 0.689. The molecule has 0 bridgehead atoms. The highest BCUT2D eigenvalue weighted by Crippen LogP contribution is 2.33. The van der Waals surface area contributed by atoms with Crippen LogP contribution in [0.3, 0.4) is 0 Å². The Morgan fingerprint density at radius 1 is 1.35 bits per heavy atom. The third kappa shape index (κ3) is 2.51. The summed E-state index contributed by atoms with van der Waals surface area (Å²) in [5.41, 5.74) is 3.88. The molecule has 20 heavy (non-hydrogen) atoms. The maximum atomic E-state index is 5.60. The number of aryl methyl sites for hydroxylation is 2. The average molecular weight is 323 g/mol. The van der Waals surface area contributed by atoms with Crippen molar-refractivity contribution in [2.24, 2.45) is 5.84 Å². The quantitative estimate of drug-likeness (QED) is 0.436. The first kappa shape index (κ1) is 13.7. The minimum atomic E-state index is 0.689. The van der Waals surface area contributed by atoms with Gasteiger partial charge in [-0.25, -0.2) is 20.8 Å². The van der Waals surface area contributed by atoms with Gasteiger partial charge in [0, 0.05) is 16.5 Å². The van der Waals surface area contributed by atoms with Crippen LogP contribution in [-0.4, -0.2) is 15.0 Å². The molecule has 0 amide bonds. The van der Waals surface area contributed by atoms with E-state index in [0.29, 0.717) is 11.6 Å². The van der Waals surface area contributed by atoms with Gasteiger partial charge in [0.2, 0.25) is 0 Å². The number of rotatable bonds is 4. The number of hydrogen-bond acceptors (Lipinski definition) is 8. The van der Waals surface area contributed by atoms with E-state index in [0.717, 1.165) is 20.4 Å². The van der Waals surface area contributed by atoms with Crippen LogP contribution in [-0.2, 0) is 5.75 Å². The SMILES string of the molecule is Cc1sc2nc(CSc3nccs3)nc(NN)c2c1C. The van der Waals surface area contributed by atoms with Crippen LogP contribution in [0.4, 0.5) is 5.82 Å². The standard InChI is InChI=1S/C12H13N5S3/c1-6-7(2)20-11-9(6)10(17-13)15-8(16-11)5-19-12-14-3-4-18-12/h3-4H,5,13H2,1-2H3,(H,15,16,17). The monoisotopic (exact) mass is 323 g/mol. The van der Waals surface area contributed by atoms with Gasteiger partial charge in [0.15, 0.2) is 5.82 Å². The van der Waals surface area contributed by atoms with Crippen LogP contribution < -0.4 is 11.3 Å². The number of nitrogens with one attached hydrogen (secondary N) is 1. The summed E-state index contributed by atoms with van der Waals surface area (Å²) in [6.45, 7) is 4.16. The molecule has 3 aromatic rings. The average Bonchev–Trinajstić information content (AvgIpc) is 3.05. The molecule has 0 aliphatic heterocycles. The van der Waals surface area contributed by atoms with Crippen molar-refractivity contribution in [3.8, 4) is 0 Å². The lowest BCUT2D eigenvalue weighted by atomic mass is 10.2. The highest BCUT2D eigenvalue weighted by Gasteiger charge is 2.14. The molecule has 3 heterocycles. The molecule has 0 saturated heterocycles. The van der Waals surface area contributed by atoms with Gasteiger partial charge in [0.05, 0.1) is 11.1 Å². The number of nitrogens with two attached hydrogens (primary N) is 1. The maximum absolute atomic E-state index is 5.60. The highest BCUT2D eigenvalue weighted by molar-refractivity contribution is 8.00. The molecule has 104 valence electrons. The Morgan fingerprint density at radius 3 is 2.90 bits per heavy atom. The number of hydrogen-bond donors (Lipinski definition) is 2. The van der Waals surface area contributed by atoms with Crippen molar-refractivity contribution in [2.75, 3.05) is 5.43 Å². The summed E-state index contributed by atoms with van der Waals surface area (Å²) in [6.07, 6.45) is 1.80. The summed E-state index contributed by atoms with van der Waals surface area (Å²) in [6, 6.07) is 0. The Kier molecular flexibility index (Phi) is 3.88. The molecule has 0 spiro atoms. The molecule has 0 saturated carbocycles. The van der Waals surface area contributed by atoms with E-state index in [1.165, 1.54) is 10.4 Å². The van der Waals surface area contributed by atoms with E-state index >= 15 is 0 Å². The van der Waals surface area contributed by atoms with Gasteiger partial charge < -0.3 is 5.43 Å². The maximum Gasteiger partial charge on any atom is 0.152 e. The van der Waals surface area contributed by atoms with Gasteiger partial charge in [-0.15, -0.1) is 22.7 Å². The van der Waals surface area contributed by atoms with Gasteiger partial charge in [-0.05, 0) is 19.4 Å². The van der Waals surface area contributed by atoms with E-state index in [2.05, 4.69) is 34.2 Å². The van der Waals surface area contributed by atoms with Crippen LogP contribution in [0.2, 0.25) is 0 Å². The van der Waals surface area contributed by atoms with Crippen LogP contribution in [0.5, 0.6) is 0 Å². The molecular formula is C12H13N5S3. The third-order valence-corrected chi connectivity index (χ3v) is 6.01. The molecular weight excluding hydrogens is 310 g/mol. The Bertz CT molecular complexity index is 735. The number of anilines is 1. The van der Waals surface area contributed by atoms with Crippen molar-refractivity contribution in [2.45, 2.75) is 23.9 Å². The molecule has 0 aromatic carbocycles. The largest absolute Gasteiger partial charge is 0.308 e. The topological polar surface area (TPSA) is 76.7 Å². The fraction of sp³-hybridized carbons (Fsp3) is 0.250. The summed E-state index contributed by atoms with van der Waals surface area (Å²) in [5, 5.41) is 2.99. The van der Waals surface area contributed by atoms with E-state index in [1.54, 1.807) is 40.6 Å². The molecule has 0 radical (unpaired) electrons. The zero-order valence-electron chi connectivity index (χ0n) is 11.0. The van der Waals surface area contributed by atoms with Crippen molar-refractivity contribution in [1.82, 2.24) is 15.0 Å². The normalized spacial score (nSPS) is 11.2. The number of thiazole rings is 1. The van der Waals surface area contributed by atoms with Gasteiger partial charge in [0.25, 0.3) is 0 Å². The van der Waals surface area contributed by atoms with Crippen LogP contribution >= 0.6 is 34.4 Å². The molecule has 0 fully saturated rings. The molecule has 3 aromatic heterocycles. The molecule has 8 heteroatoms. The summed E-state index contributed by atoms with van der Waals surface area (Å²) < 4.78 is 1.02. The molecule has 3 N–H and O–H groups in total. The van der Waals surface area contributed by atoms with Gasteiger partial charge in [-0.1, -0.05) is 11.8 Å². The van der Waals surface area contributed by atoms with Crippen molar-refractivity contribution >= 4 is 50.5 Å².